The zero-order chi connectivity index (χ0) is 29.1. The third-order valence-electron chi connectivity index (χ3n) is 7.06. The minimum absolute atomic E-state index is 0.132. The Morgan fingerprint density at radius 2 is 1.93 bits per heavy atom. The maximum atomic E-state index is 13.9. The highest BCUT2D eigenvalue weighted by molar-refractivity contribution is 7.92. The lowest BCUT2D eigenvalue weighted by atomic mass is 9.83. The predicted octanol–water partition coefficient (Wildman–Crippen LogP) is 4.41. The van der Waals surface area contributed by atoms with Gasteiger partial charge in [0.2, 0.25) is 11.8 Å². The molecule has 2 aromatic rings. The number of carbonyl (C=O) groups is 2. The molecule has 0 spiro atoms. The van der Waals surface area contributed by atoms with Gasteiger partial charge in [0.05, 0.1) is 43.6 Å². The summed E-state index contributed by atoms with van der Waals surface area (Å²) >= 11 is 7.05. The third-order valence-corrected chi connectivity index (χ3v) is 7.55. The molecule has 3 rings (SSSR count). The van der Waals surface area contributed by atoms with E-state index in [1.807, 2.05) is 59.5 Å². The number of nitrogens with one attached hydrogen (secondary N) is 1. The molecule has 10 heteroatoms. The van der Waals surface area contributed by atoms with Crippen LogP contribution >= 0.6 is 23.8 Å². The minimum atomic E-state index is -0.869. The Kier molecular flexibility index (Phi) is 12.5. The standard InChI is InChI=1S/C30H41ClN4O4S/c1-21(32)28(36)34-27(22(2)38-19-23-9-5-4-6-10-23)29(37)35-16-8-13-26(35)14-15-30(3,20-39-40-33)18-24-11-7-12-25(31)17-24/h4-7,9-12,14-15,17,21-22,26-27H,8,13,16,18-20,32-33H2,1-3H3,(H,34,36)/b15-14+/t21?,22?,26?,27?,30-/m0/s1. The number of hydrogen-bond acceptors (Lipinski definition) is 7. The molecule has 4 unspecified atom stereocenters. The molecule has 8 nitrogen and oxygen atoms in total. The molecular weight excluding hydrogens is 548 g/mol. The summed E-state index contributed by atoms with van der Waals surface area (Å²) in [5, 5.41) is 9.07. The van der Waals surface area contributed by atoms with E-state index in [1.165, 1.54) is 0 Å². The van der Waals surface area contributed by atoms with Gasteiger partial charge in [0.25, 0.3) is 0 Å². The Balaban J connectivity index is 1.77. The van der Waals surface area contributed by atoms with E-state index in [0.29, 0.717) is 31.2 Å². The largest absolute Gasteiger partial charge is 0.371 e. The van der Waals surface area contributed by atoms with Crippen molar-refractivity contribution in [3.05, 3.63) is 82.9 Å². The van der Waals surface area contributed by atoms with E-state index in [-0.39, 0.29) is 17.4 Å². The number of amides is 2. The molecule has 40 heavy (non-hydrogen) atoms. The minimum Gasteiger partial charge on any atom is -0.371 e. The van der Waals surface area contributed by atoms with Crippen molar-refractivity contribution < 1.29 is 18.5 Å². The number of benzene rings is 2. The first kappa shape index (κ1) is 32.1. The van der Waals surface area contributed by atoms with Crippen LogP contribution in [0.1, 0.15) is 44.7 Å². The summed E-state index contributed by atoms with van der Waals surface area (Å²) < 4.78 is 11.6. The lowest BCUT2D eigenvalue weighted by molar-refractivity contribution is -0.141. The van der Waals surface area contributed by atoms with Crippen molar-refractivity contribution in [3.63, 3.8) is 0 Å². The fourth-order valence-electron chi connectivity index (χ4n) is 4.79. The van der Waals surface area contributed by atoms with Crippen LogP contribution in [0.4, 0.5) is 0 Å². The van der Waals surface area contributed by atoms with Gasteiger partial charge in [0.1, 0.15) is 6.04 Å². The topological polar surface area (TPSA) is 120 Å². The van der Waals surface area contributed by atoms with Gasteiger partial charge < -0.3 is 24.9 Å². The zero-order valence-corrected chi connectivity index (χ0v) is 25.0. The van der Waals surface area contributed by atoms with Crippen LogP contribution < -0.4 is 16.2 Å². The van der Waals surface area contributed by atoms with Gasteiger partial charge in [0, 0.05) is 17.0 Å². The fraction of sp³-hybridized carbons (Fsp3) is 0.467. The van der Waals surface area contributed by atoms with Gasteiger partial charge in [0.15, 0.2) is 0 Å². The molecule has 0 saturated carbocycles. The van der Waals surface area contributed by atoms with Gasteiger partial charge in [-0.25, -0.2) is 0 Å². The Bertz CT molecular complexity index is 1140. The van der Waals surface area contributed by atoms with Crippen LogP contribution in [0.3, 0.4) is 0 Å². The highest BCUT2D eigenvalue weighted by Crippen LogP contribution is 2.29. The highest BCUT2D eigenvalue weighted by Gasteiger charge is 2.37. The molecule has 1 saturated heterocycles. The first-order valence-corrected chi connectivity index (χ1v) is 14.7. The van der Waals surface area contributed by atoms with Crippen LogP contribution in [0.25, 0.3) is 0 Å². The number of hydrogen-bond donors (Lipinski definition) is 3. The average molecular weight is 589 g/mol. The molecule has 0 aliphatic carbocycles. The van der Waals surface area contributed by atoms with Crippen molar-refractivity contribution in [2.24, 2.45) is 16.3 Å². The SMILES string of the molecule is CC(N)C(=O)NC(C(=O)N1CCCC1/C=C/[C@](C)(COSN)Cc1cccc(Cl)c1)C(C)OCc1ccccc1. The summed E-state index contributed by atoms with van der Waals surface area (Å²) in [6.07, 6.45) is 5.96. The Morgan fingerprint density at radius 3 is 2.60 bits per heavy atom. The summed E-state index contributed by atoms with van der Waals surface area (Å²) in [6, 6.07) is 15.7. The van der Waals surface area contributed by atoms with Crippen LogP contribution in [0.15, 0.2) is 66.7 Å². The van der Waals surface area contributed by atoms with E-state index < -0.39 is 24.1 Å². The lowest BCUT2D eigenvalue weighted by Crippen LogP contribution is -2.57. The Labute approximate surface area is 247 Å². The van der Waals surface area contributed by atoms with Crippen LogP contribution in [0.5, 0.6) is 0 Å². The van der Waals surface area contributed by atoms with Crippen LogP contribution in [-0.2, 0) is 31.5 Å². The molecule has 1 heterocycles. The van der Waals surface area contributed by atoms with Crippen molar-refractivity contribution in [1.29, 1.82) is 0 Å². The van der Waals surface area contributed by atoms with E-state index >= 15 is 0 Å². The molecule has 2 aromatic carbocycles. The van der Waals surface area contributed by atoms with Crippen molar-refractivity contribution in [3.8, 4) is 0 Å². The number of halogens is 1. The maximum Gasteiger partial charge on any atom is 0.248 e. The summed E-state index contributed by atoms with van der Waals surface area (Å²) in [5.41, 5.74) is 7.49. The van der Waals surface area contributed by atoms with E-state index in [1.54, 1.807) is 13.8 Å². The second-order valence-electron chi connectivity index (χ2n) is 10.7. The van der Waals surface area contributed by atoms with E-state index in [4.69, 9.17) is 31.4 Å². The molecule has 2 amide bonds. The van der Waals surface area contributed by atoms with Crippen molar-refractivity contribution >= 4 is 35.6 Å². The molecule has 0 bridgehead atoms. The molecule has 1 aliphatic rings. The second-order valence-corrected chi connectivity index (χ2v) is 11.6. The first-order valence-electron chi connectivity index (χ1n) is 13.6. The molecule has 218 valence electrons. The van der Waals surface area contributed by atoms with Gasteiger partial charge in [-0.05, 0) is 56.4 Å². The zero-order valence-electron chi connectivity index (χ0n) is 23.4. The van der Waals surface area contributed by atoms with E-state index in [9.17, 15) is 9.59 Å². The van der Waals surface area contributed by atoms with Gasteiger partial charge in [-0.1, -0.05) is 73.1 Å². The molecule has 1 aliphatic heterocycles. The molecular formula is C30H41ClN4O4S. The van der Waals surface area contributed by atoms with Crippen molar-refractivity contribution in [1.82, 2.24) is 10.2 Å². The molecule has 5 atom stereocenters. The number of rotatable bonds is 14. The summed E-state index contributed by atoms with van der Waals surface area (Å²) in [7, 11) is 0. The Hall–Kier alpha value is -2.40. The second kappa shape index (κ2) is 15.6. The number of ether oxygens (including phenoxy) is 1. The summed E-state index contributed by atoms with van der Waals surface area (Å²) in [5.74, 6) is -0.586. The predicted molar refractivity (Wildman–Crippen MR) is 161 cm³/mol. The monoisotopic (exact) mass is 588 g/mol. The third kappa shape index (κ3) is 9.61. The first-order chi connectivity index (χ1) is 19.1. The highest BCUT2D eigenvalue weighted by atomic mass is 35.5. The number of carbonyl (C=O) groups excluding carboxylic acids is 2. The number of nitrogens with two attached hydrogens (primary N) is 2. The molecule has 0 radical (unpaired) electrons. The Morgan fingerprint density at radius 1 is 1.20 bits per heavy atom. The van der Waals surface area contributed by atoms with Crippen LogP contribution in [0.2, 0.25) is 5.02 Å². The van der Waals surface area contributed by atoms with Crippen molar-refractivity contribution in [2.45, 2.75) is 70.9 Å². The van der Waals surface area contributed by atoms with Gasteiger partial charge >= 0.3 is 0 Å². The lowest BCUT2D eigenvalue weighted by Gasteiger charge is -2.32. The number of likely N-dealkylation sites (tertiary alicyclic amines) is 1. The summed E-state index contributed by atoms with van der Waals surface area (Å²) in [6.45, 7) is 6.78. The number of nitrogens with zero attached hydrogens (tertiary/aromatic N) is 1. The van der Waals surface area contributed by atoms with Crippen LogP contribution in [0, 0.1) is 5.41 Å². The molecule has 5 N–H and O–H groups in total. The van der Waals surface area contributed by atoms with Gasteiger partial charge in [-0.15, -0.1) is 0 Å². The van der Waals surface area contributed by atoms with Gasteiger partial charge in [-0.3, -0.25) is 14.7 Å². The average Bonchev–Trinajstić information content (AvgIpc) is 3.41. The quantitative estimate of drug-likeness (QED) is 0.170. The maximum absolute atomic E-state index is 13.9. The molecule has 1 fully saturated rings. The summed E-state index contributed by atoms with van der Waals surface area (Å²) in [4.78, 5) is 28.3. The normalized spacial score (nSPS) is 19.2. The molecule has 0 aromatic heterocycles. The smallest absolute Gasteiger partial charge is 0.248 e. The van der Waals surface area contributed by atoms with Gasteiger partial charge in [-0.2, -0.15) is 0 Å². The van der Waals surface area contributed by atoms with Crippen molar-refractivity contribution in [2.75, 3.05) is 13.2 Å². The fourth-order valence-corrected chi connectivity index (χ4v) is 5.34. The van der Waals surface area contributed by atoms with E-state index in [2.05, 4.69) is 24.4 Å². The van der Waals surface area contributed by atoms with E-state index in [0.717, 1.165) is 36.2 Å². The van der Waals surface area contributed by atoms with Crippen LogP contribution in [-0.4, -0.2) is 54.1 Å².